The summed E-state index contributed by atoms with van der Waals surface area (Å²) in [5.74, 6) is -3.66. The van der Waals surface area contributed by atoms with Gasteiger partial charge in [0.2, 0.25) is 11.8 Å². The number of likely N-dealkylation sites (tertiary alicyclic amines) is 1. The number of carbonyl (C=O) groups excluding carboxylic acids is 4. The molecule has 1 aromatic rings. The molecular formula is C30H37BrClN3O7. The number of benzene rings is 1. The van der Waals surface area contributed by atoms with Crippen LogP contribution in [0.5, 0.6) is 0 Å². The average Bonchev–Trinajstić information content (AvgIpc) is 3.56. The zero-order valence-electron chi connectivity index (χ0n) is 23.7. The van der Waals surface area contributed by atoms with Crippen molar-refractivity contribution in [2.45, 2.75) is 67.8 Å². The molecule has 228 valence electrons. The highest BCUT2D eigenvalue weighted by molar-refractivity contribution is 9.09. The van der Waals surface area contributed by atoms with E-state index in [4.69, 9.17) is 21.1 Å². The van der Waals surface area contributed by atoms with Crippen LogP contribution in [0.2, 0.25) is 5.02 Å². The van der Waals surface area contributed by atoms with E-state index < -0.39 is 59.5 Å². The minimum Gasteiger partial charge on any atom is -0.460 e. The van der Waals surface area contributed by atoms with Crippen LogP contribution in [0.15, 0.2) is 49.6 Å². The number of allylic oxidation sites excluding steroid dienone is 1. The molecule has 3 amide bonds. The minimum atomic E-state index is -1.33. The van der Waals surface area contributed by atoms with Gasteiger partial charge in [-0.15, -0.1) is 13.2 Å². The SMILES string of the molecule is C=CCCC(=O)NC[C@H](C)OC(=O)[C@@H]1[C@H]2O[C@@]3(CC2Br)[C@H](C(=O)N(CC=C)c2ccc(Cl)cc2)N([C@H](C)CO)C(=O)[C@@H]13. The number of hydrogen-bond acceptors (Lipinski definition) is 7. The number of ether oxygens (including phenoxy) is 2. The van der Waals surface area contributed by atoms with Gasteiger partial charge in [0.15, 0.2) is 0 Å². The fourth-order valence-corrected chi connectivity index (χ4v) is 7.37. The summed E-state index contributed by atoms with van der Waals surface area (Å²) in [6.45, 7) is 10.6. The zero-order valence-corrected chi connectivity index (χ0v) is 26.1. The smallest absolute Gasteiger partial charge is 0.312 e. The molecule has 0 aromatic heterocycles. The van der Waals surface area contributed by atoms with Crippen molar-refractivity contribution in [2.75, 3.05) is 24.6 Å². The largest absolute Gasteiger partial charge is 0.460 e. The number of nitrogens with zero attached hydrogens (tertiary/aromatic N) is 2. The second-order valence-corrected chi connectivity index (χ2v) is 12.6. The zero-order chi connectivity index (χ0) is 30.8. The normalized spacial score (nSPS) is 29.0. The number of esters is 1. The predicted octanol–water partition coefficient (Wildman–Crippen LogP) is 3.00. The molecule has 3 heterocycles. The average molecular weight is 667 g/mol. The molecular weight excluding hydrogens is 630 g/mol. The number of alkyl halides is 1. The van der Waals surface area contributed by atoms with Crippen LogP contribution in [-0.2, 0) is 28.7 Å². The first-order valence-corrected chi connectivity index (χ1v) is 15.3. The number of halogens is 2. The van der Waals surface area contributed by atoms with Crippen molar-refractivity contribution >= 4 is 56.9 Å². The number of amides is 3. The fourth-order valence-electron chi connectivity index (χ4n) is 6.30. The van der Waals surface area contributed by atoms with Gasteiger partial charge in [-0.1, -0.05) is 39.7 Å². The van der Waals surface area contributed by atoms with Gasteiger partial charge in [-0.05, 0) is 51.0 Å². The van der Waals surface area contributed by atoms with Crippen LogP contribution in [0.25, 0.3) is 0 Å². The number of anilines is 1. The predicted molar refractivity (Wildman–Crippen MR) is 161 cm³/mol. The summed E-state index contributed by atoms with van der Waals surface area (Å²) in [4.78, 5) is 56.7. The highest BCUT2D eigenvalue weighted by Crippen LogP contribution is 2.60. The van der Waals surface area contributed by atoms with E-state index in [1.807, 2.05) is 0 Å². The van der Waals surface area contributed by atoms with Crippen LogP contribution < -0.4 is 10.2 Å². The number of rotatable bonds is 13. The van der Waals surface area contributed by atoms with E-state index in [-0.39, 0.29) is 36.9 Å². The molecule has 4 rings (SSSR count). The van der Waals surface area contributed by atoms with E-state index in [1.54, 1.807) is 50.3 Å². The van der Waals surface area contributed by atoms with Crippen molar-refractivity contribution in [1.82, 2.24) is 10.2 Å². The Balaban J connectivity index is 1.64. The molecule has 3 aliphatic heterocycles. The molecule has 12 heteroatoms. The quantitative estimate of drug-likeness (QED) is 0.188. The summed E-state index contributed by atoms with van der Waals surface area (Å²) in [6, 6.07) is 4.89. The Kier molecular flexibility index (Phi) is 10.2. The number of fused-ring (bicyclic) bond motifs is 1. The molecule has 0 radical (unpaired) electrons. The number of hydrogen-bond donors (Lipinski definition) is 2. The van der Waals surface area contributed by atoms with Gasteiger partial charge in [0.05, 0.1) is 37.1 Å². The third kappa shape index (κ3) is 5.89. The van der Waals surface area contributed by atoms with Crippen LogP contribution in [0.3, 0.4) is 0 Å². The minimum absolute atomic E-state index is 0.105. The maximum atomic E-state index is 14.4. The highest BCUT2D eigenvalue weighted by atomic mass is 79.9. The van der Waals surface area contributed by atoms with Crippen molar-refractivity contribution in [3.63, 3.8) is 0 Å². The number of carbonyl (C=O) groups is 4. The lowest BCUT2D eigenvalue weighted by Crippen LogP contribution is -2.58. The molecule has 3 fully saturated rings. The summed E-state index contributed by atoms with van der Waals surface area (Å²) >= 11 is 9.72. The Morgan fingerprint density at radius 3 is 2.60 bits per heavy atom. The summed E-state index contributed by atoms with van der Waals surface area (Å²) < 4.78 is 12.2. The topological polar surface area (TPSA) is 125 Å². The molecule has 42 heavy (non-hydrogen) atoms. The summed E-state index contributed by atoms with van der Waals surface area (Å²) in [6.07, 6.45) is 2.98. The second kappa shape index (κ2) is 13.3. The monoisotopic (exact) mass is 665 g/mol. The molecule has 1 spiro atoms. The van der Waals surface area contributed by atoms with E-state index in [9.17, 15) is 24.3 Å². The summed E-state index contributed by atoms with van der Waals surface area (Å²) in [5.41, 5.74) is -0.773. The van der Waals surface area contributed by atoms with E-state index in [0.717, 1.165) is 0 Å². The van der Waals surface area contributed by atoms with Crippen LogP contribution in [0.4, 0.5) is 5.69 Å². The van der Waals surface area contributed by atoms with Crippen LogP contribution in [0.1, 0.15) is 33.1 Å². The first-order chi connectivity index (χ1) is 20.0. The van der Waals surface area contributed by atoms with Crippen LogP contribution >= 0.6 is 27.5 Å². The van der Waals surface area contributed by atoms with Gasteiger partial charge in [-0.25, -0.2) is 0 Å². The Bertz CT molecular complexity index is 1230. The second-order valence-electron chi connectivity index (χ2n) is 11.0. The summed E-state index contributed by atoms with van der Waals surface area (Å²) in [7, 11) is 0. The summed E-state index contributed by atoms with van der Waals surface area (Å²) in [5, 5.41) is 13.3. The molecule has 2 N–H and O–H groups in total. The van der Waals surface area contributed by atoms with Gasteiger partial charge in [-0.3, -0.25) is 19.2 Å². The Morgan fingerprint density at radius 1 is 1.29 bits per heavy atom. The van der Waals surface area contributed by atoms with E-state index >= 15 is 0 Å². The fraction of sp³-hybridized carbons (Fsp3) is 0.533. The van der Waals surface area contributed by atoms with Crippen molar-refractivity contribution < 1.29 is 33.8 Å². The Labute approximate surface area is 259 Å². The number of nitrogens with one attached hydrogen (secondary N) is 1. The van der Waals surface area contributed by atoms with Gasteiger partial charge in [-0.2, -0.15) is 0 Å². The molecule has 3 saturated heterocycles. The van der Waals surface area contributed by atoms with Gasteiger partial charge < -0.3 is 29.7 Å². The third-order valence-electron chi connectivity index (χ3n) is 8.17. The maximum Gasteiger partial charge on any atom is 0.312 e. The van der Waals surface area contributed by atoms with Gasteiger partial charge in [0, 0.05) is 28.5 Å². The first kappa shape index (κ1) is 32.2. The van der Waals surface area contributed by atoms with E-state index in [1.165, 1.54) is 9.80 Å². The first-order valence-electron chi connectivity index (χ1n) is 14.0. The Morgan fingerprint density at radius 2 is 1.98 bits per heavy atom. The van der Waals surface area contributed by atoms with Gasteiger partial charge in [0.25, 0.3) is 5.91 Å². The lowest BCUT2D eigenvalue weighted by molar-refractivity contribution is -0.159. The van der Waals surface area contributed by atoms with Crippen molar-refractivity contribution in [1.29, 1.82) is 0 Å². The lowest BCUT2D eigenvalue weighted by atomic mass is 9.70. The molecule has 10 nitrogen and oxygen atoms in total. The van der Waals surface area contributed by atoms with E-state index in [0.29, 0.717) is 23.6 Å². The standard InChI is InChI=1S/C30H37BrClN3O7/c1-5-7-8-22(37)33-15-18(4)41-29(40)23-24-27(38)35(17(3)16-36)26(30(24)14-21(31)25(23)42-30)28(39)34(13-6-2)20-11-9-19(32)10-12-20/h5-6,9-12,17-18,21,23-26,36H,1-2,7-8,13-16H2,3-4H3,(H,33,37)/t17-,18+,21?,23+,24-,25+,26+,30-/m1/s1. The van der Waals surface area contributed by atoms with E-state index in [2.05, 4.69) is 34.4 Å². The van der Waals surface area contributed by atoms with Crippen molar-refractivity contribution in [3.05, 3.63) is 54.6 Å². The molecule has 0 aliphatic carbocycles. The molecule has 1 unspecified atom stereocenters. The third-order valence-corrected chi connectivity index (χ3v) is 9.26. The van der Waals surface area contributed by atoms with Gasteiger partial charge in [0.1, 0.15) is 17.7 Å². The number of aliphatic hydroxyl groups excluding tert-OH is 1. The van der Waals surface area contributed by atoms with Crippen molar-refractivity contribution in [3.8, 4) is 0 Å². The van der Waals surface area contributed by atoms with Gasteiger partial charge >= 0.3 is 5.97 Å². The Hall–Kier alpha value is -2.73. The maximum absolute atomic E-state index is 14.4. The molecule has 3 aliphatic rings. The molecule has 2 bridgehead atoms. The highest BCUT2D eigenvalue weighted by Gasteiger charge is 2.77. The molecule has 8 atom stereocenters. The molecule has 1 aromatic carbocycles. The van der Waals surface area contributed by atoms with Crippen LogP contribution in [0, 0.1) is 11.8 Å². The lowest BCUT2D eigenvalue weighted by Gasteiger charge is -2.38. The molecule has 0 saturated carbocycles. The number of aliphatic hydroxyl groups is 1. The van der Waals surface area contributed by atoms with Crippen LogP contribution in [-0.4, -0.2) is 88.1 Å². The van der Waals surface area contributed by atoms with Crippen molar-refractivity contribution in [2.24, 2.45) is 11.8 Å².